The molecule has 16 rings (SSSR count). The average Bonchev–Trinajstić information content (AvgIpc) is 1.46. The molecular formula is C77H123F9N4O19S3. The van der Waals surface area contributed by atoms with Gasteiger partial charge in [0.2, 0.25) is 0 Å². The molecule has 28 atom stereocenters. The number of aliphatic hydroxyl groups excluding tert-OH is 2. The summed E-state index contributed by atoms with van der Waals surface area (Å²) in [7, 11) is -19.5. The molecule has 23 nitrogen and oxygen atoms in total. The van der Waals surface area contributed by atoms with E-state index in [9.17, 15) is 85.2 Å². The van der Waals surface area contributed by atoms with Crippen LogP contribution in [0.25, 0.3) is 0 Å². The van der Waals surface area contributed by atoms with E-state index in [2.05, 4.69) is 79.0 Å². The number of ether oxygens (including phenoxy) is 8. The first-order valence-electron chi connectivity index (χ1n) is 40.8. The Balaban J connectivity index is 0.000000159. The number of hydrogen-bond donors (Lipinski definition) is 6. The predicted octanol–water partition coefficient (Wildman–Crippen LogP) is 9.86. The third-order valence-corrected chi connectivity index (χ3v) is 38.0. The zero-order valence-electron chi connectivity index (χ0n) is 67.1. The molecule has 16 aliphatic rings. The van der Waals surface area contributed by atoms with Gasteiger partial charge in [0.05, 0.1) is 137 Å². The van der Waals surface area contributed by atoms with Gasteiger partial charge >= 0.3 is 46.8 Å². The minimum Gasteiger partial charge on any atom is -0.390 e. The number of aliphatic hydroxyl groups is 4. The van der Waals surface area contributed by atoms with Crippen molar-refractivity contribution in [2.24, 2.45) is 107 Å². The molecule has 646 valence electrons. The summed E-state index contributed by atoms with van der Waals surface area (Å²) in [6.45, 7) is 38.0. The van der Waals surface area contributed by atoms with Gasteiger partial charge in [-0.15, -0.1) is 3.63 Å². The number of sulfonamides is 1. The average molecular weight is 1680 g/mol. The Morgan fingerprint density at radius 1 is 0.509 bits per heavy atom. The van der Waals surface area contributed by atoms with Crippen LogP contribution < -0.4 is 10.5 Å². The number of nitrogens with one attached hydrogen (secondary N) is 1. The smallest absolute Gasteiger partial charge is 0.390 e. The largest absolute Gasteiger partial charge is 0.524 e. The van der Waals surface area contributed by atoms with E-state index >= 15 is 0 Å². The van der Waals surface area contributed by atoms with Gasteiger partial charge in [0.1, 0.15) is 0 Å². The zero-order valence-corrected chi connectivity index (χ0v) is 69.5. The van der Waals surface area contributed by atoms with Crippen molar-refractivity contribution < 1.29 is 127 Å². The molecule has 10 aliphatic carbocycles. The Labute approximate surface area is 654 Å². The number of hydrogen-bond acceptors (Lipinski definition) is 22. The van der Waals surface area contributed by atoms with E-state index in [4.69, 9.17) is 43.6 Å². The van der Waals surface area contributed by atoms with E-state index in [0.717, 1.165) is 117 Å². The van der Waals surface area contributed by atoms with Gasteiger partial charge in [-0.1, -0.05) is 69.2 Å². The van der Waals surface area contributed by atoms with Crippen molar-refractivity contribution in [3.8, 4) is 0 Å². The monoisotopic (exact) mass is 1670 g/mol. The van der Waals surface area contributed by atoms with Gasteiger partial charge in [-0.2, -0.15) is 61.1 Å². The van der Waals surface area contributed by atoms with Crippen molar-refractivity contribution in [3.63, 3.8) is 0 Å². The van der Waals surface area contributed by atoms with E-state index in [1.54, 1.807) is 18.6 Å². The van der Waals surface area contributed by atoms with Crippen LogP contribution in [0.3, 0.4) is 0 Å². The third-order valence-electron chi connectivity index (χ3n) is 34.3. The summed E-state index contributed by atoms with van der Waals surface area (Å²) in [5.41, 5.74) is -14.3. The topological polar surface area (TPSA) is 311 Å². The molecule has 6 aliphatic heterocycles. The van der Waals surface area contributed by atoms with Crippen LogP contribution in [0.2, 0.25) is 0 Å². The number of morpholine rings is 2. The van der Waals surface area contributed by atoms with Gasteiger partial charge in [0, 0.05) is 23.9 Å². The number of alkyl halides is 9. The predicted molar refractivity (Wildman–Crippen MR) is 387 cm³/mol. The van der Waals surface area contributed by atoms with Crippen LogP contribution in [0, 0.1) is 101 Å². The summed E-state index contributed by atoms with van der Waals surface area (Å²) < 4.78 is 227. The van der Waals surface area contributed by atoms with E-state index in [-0.39, 0.29) is 99.1 Å². The first kappa shape index (κ1) is 86.9. The lowest BCUT2D eigenvalue weighted by atomic mass is 9.41. The molecular weight excluding hydrogens is 1550 g/mol. The quantitative estimate of drug-likeness (QED) is 0.0696. The maximum absolute atomic E-state index is 13.5. The van der Waals surface area contributed by atoms with Gasteiger partial charge in [0.25, 0.3) is 0 Å². The standard InChI is InChI=1S/C38H61F3N2O8S.C37H62N2O6.C2F6O5S2/c1-21-16-23(30(33(4,5)45)42-52(46,47)38(39,40)41)50-29-28(21)34(6)12-13-37-20-36(37)11-10-26(51-27-17-43(14-15-49-27)22-18-48-19-22)32(2,3)24(36)8-9-25(37)35(34,7)31(29)44;1-21-16-23(30(38)33(4,5)41)44-29-28(21)34(6)12-13-37-20-36(37)11-10-26(45-27-17-39(14-15-43-27)22-18-42-19-22)32(2,3)24(36)8-9-25(37)35(34,7)31(29)40;3-1(4,5)14(9,10)13-15(11,12)2(6,7)8/h21-31,42,44-45H,8-20H2,1-7H3;21-31,40-41H,8-20,38H2,1-7H3;/t2*21-,23-,24+,25+,26?,27+,28+,29+,30+,31+,34-,35-,36-,37+;/m11./s1. The maximum atomic E-state index is 13.5. The second-order valence-corrected chi connectivity index (χ2v) is 45.6. The third kappa shape index (κ3) is 13.2. The van der Waals surface area contributed by atoms with Crippen LogP contribution in [0.5, 0.6) is 0 Å². The molecule has 6 heterocycles. The highest BCUT2D eigenvalue weighted by Crippen LogP contribution is 2.91. The highest BCUT2D eigenvalue weighted by atomic mass is 32.3. The molecule has 0 bridgehead atoms. The molecule has 4 spiro atoms. The van der Waals surface area contributed by atoms with E-state index in [1.165, 1.54) is 52.4 Å². The number of nitrogens with two attached hydrogens (primary N) is 1. The van der Waals surface area contributed by atoms with Gasteiger partial charge < -0.3 is 64.1 Å². The van der Waals surface area contributed by atoms with E-state index in [1.807, 2.05) is 3.63 Å². The van der Waals surface area contributed by atoms with Crippen LogP contribution in [0.4, 0.5) is 39.5 Å². The van der Waals surface area contributed by atoms with Gasteiger partial charge in [0.15, 0.2) is 12.6 Å². The van der Waals surface area contributed by atoms with Crippen LogP contribution in [0.1, 0.15) is 200 Å². The Hall–Kier alpha value is -1.46. The zero-order chi connectivity index (χ0) is 82.3. The van der Waals surface area contributed by atoms with Gasteiger partial charge in [-0.3, -0.25) is 9.80 Å². The van der Waals surface area contributed by atoms with Crippen LogP contribution in [0.15, 0.2) is 0 Å². The van der Waals surface area contributed by atoms with Crippen molar-refractivity contribution in [2.45, 2.75) is 313 Å². The first-order valence-corrected chi connectivity index (χ1v) is 45.1. The Morgan fingerprint density at radius 2 is 0.875 bits per heavy atom. The number of rotatable bonds is 14. The minimum absolute atomic E-state index is 0.0261. The molecule has 0 radical (unpaired) electrons. The molecule has 0 aromatic heterocycles. The molecule has 112 heavy (non-hydrogen) atoms. The minimum atomic E-state index is -6.85. The highest BCUT2D eigenvalue weighted by Gasteiger charge is 2.87. The van der Waals surface area contributed by atoms with Crippen LogP contribution in [-0.2, 0) is 71.8 Å². The van der Waals surface area contributed by atoms with Crippen LogP contribution in [-0.4, -0.2) is 235 Å². The second-order valence-electron chi connectivity index (χ2n) is 40.6. The summed E-state index contributed by atoms with van der Waals surface area (Å²) in [5, 5.41) is 46.8. The van der Waals surface area contributed by atoms with Gasteiger partial charge in [-0.25, -0.2) is 8.42 Å². The fraction of sp³-hybridized carbons (Fsp3) is 1.00. The lowest BCUT2D eigenvalue weighted by Crippen LogP contribution is -2.61. The van der Waals surface area contributed by atoms with Crippen molar-refractivity contribution in [3.05, 3.63) is 0 Å². The maximum Gasteiger partial charge on any atom is 0.524 e. The Bertz CT molecular complexity index is 3830. The molecule has 16 fully saturated rings. The summed E-state index contributed by atoms with van der Waals surface area (Å²) in [5.74, 6) is 2.45. The van der Waals surface area contributed by atoms with Crippen molar-refractivity contribution in [1.82, 2.24) is 14.5 Å². The fourth-order valence-electron chi connectivity index (χ4n) is 28.5. The lowest BCUT2D eigenvalue weighted by molar-refractivity contribution is -0.256. The molecule has 6 saturated heterocycles. The summed E-state index contributed by atoms with van der Waals surface area (Å²) >= 11 is 0. The van der Waals surface area contributed by atoms with Crippen molar-refractivity contribution >= 4 is 30.3 Å². The molecule has 0 aromatic carbocycles. The molecule has 7 N–H and O–H groups in total. The Kier molecular flexibility index (Phi) is 21.8. The summed E-state index contributed by atoms with van der Waals surface area (Å²) in [6, 6.07) is -1.05. The molecule has 0 amide bonds. The van der Waals surface area contributed by atoms with E-state index in [0.29, 0.717) is 59.1 Å². The number of fused-ring (bicyclic) bond motifs is 8. The summed E-state index contributed by atoms with van der Waals surface area (Å²) in [4.78, 5) is 4.95. The fourth-order valence-corrected chi connectivity index (χ4v) is 30.9. The molecule has 2 unspecified atom stereocenters. The molecule has 0 aromatic rings. The van der Waals surface area contributed by atoms with Gasteiger partial charge in [-0.05, 0) is 221 Å². The SMILES string of the molecule is C[C@@H]1C[C@H]([C@H](N)C(C)(C)O)O[C@H]2[C@H]1[C@@]1(C)CC[C@@]34C[C@@]35CCC(O[C@H]3CN(C6COC6)CCO3)C(C)(C)[C@@H]5CC[C@H]4[C@]1(C)[C@H]2O.C[C@@H]1C[C@H]([C@H](NS(=O)(=O)C(F)(F)F)C(C)(C)O)O[C@H]2[C@H]1[C@@]1(C)CC[C@@]34C[C@@]35CCC(O[C@H]3CN(C6COC6)CCO3)C(C)(C)[C@@H]5CC[C@H]4[C@]1(C)[C@H]2O.O=S(=O)(OS(=O)(=O)C(F)(F)F)C(F)(F)F. The highest BCUT2D eigenvalue weighted by molar-refractivity contribution is 8.00. The summed E-state index contributed by atoms with van der Waals surface area (Å²) in [6.07, 6.45) is 13.2. The molecule has 10 saturated carbocycles. The number of halogens is 9. The lowest BCUT2D eigenvalue weighted by Gasteiger charge is -2.64. The van der Waals surface area contributed by atoms with Crippen molar-refractivity contribution in [1.29, 1.82) is 0 Å². The normalized spacial score (nSPS) is 47.2. The number of nitrogens with zero attached hydrogens (tertiary/aromatic N) is 2. The Morgan fingerprint density at radius 3 is 1.22 bits per heavy atom. The first-order chi connectivity index (χ1) is 51.3. The van der Waals surface area contributed by atoms with Crippen molar-refractivity contribution in [2.75, 3.05) is 65.8 Å². The molecule has 35 heteroatoms. The second kappa shape index (κ2) is 28.0. The van der Waals surface area contributed by atoms with Crippen LogP contribution >= 0.6 is 0 Å². The van der Waals surface area contributed by atoms with E-state index < -0.39 is 99.9 Å².